The van der Waals surface area contributed by atoms with Crippen molar-refractivity contribution in [3.63, 3.8) is 0 Å². The monoisotopic (exact) mass is 221 g/mol. The maximum atomic E-state index is 11.6. The highest BCUT2D eigenvalue weighted by Gasteiger charge is 2.09. The highest BCUT2D eigenvalue weighted by molar-refractivity contribution is 5.17. The molecule has 90 valence electrons. The highest BCUT2D eigenvalue weighted by atomic mass is 16.1. The molecule has 1 heterocycles. The summed E-state index contributed by atoms with van der Waals surface area (Å²) in [5, 5.41) is 0. The number of rotatable bonds is 5. The van der Waals surface area contributed by atoms with Crippen LogP contribution in [0, 0.1) is 13.8 Å². The van der Waals surface area contributed by atoms with Gasteiger partial charge in [-0.2, -0.15) is 0 Å². The van der Waals surface area contributed by atoms with Crippen LogP contribution in [0.5, 0.6) is 0 Å². The second-order valence-electron chi connectivity index (χ2n) is 4.60. The summed E-state index contributed by atoms with van der Waals surface area (Å²) in [4.78, 5) is 11.6. The molecular formula is C14H23NO. The summed E-state index contributed by atoms with van der Waals surface area (Å²) >= 11 is 0. The molecule has 16 heavy (non-hydrogen) atoms. The Morgan fingerprint density at radius 3 is 2.19 bits per heavy atom. The summed E-state index contributed by atoms with van der Waals surface area (Å²) in [6, 6.07) is 0.540. The van der Waals surface area contributed by atoms with Gasteiger partial charge in [0, 0.05) is 29.6 Å². The molecule has 1 aromatic rings. The minimum atomic E-state index is 0.182. The van der Waals surface area contributed by atoms with Crippen LogP contribution in [0.3, 0.4) is 0 Å². The van der Waals surface area contributed by atoms with Crippen LogP contribution in [0.2, 0.25) is 0 Å². The van der Waals surface area contributed by atoms with Crippen molar-refractivity contribution in [3.8, 4) is 0 Å². The molecular weight excluding hydrogens is 198 g/mol. The molecule has 0 aliphatic rings. The lowest BCUT2D eigenvalue weighted by molar-refractivity contribution is 0.433. The van der Waals surface area contributed by atoms with Crippen molar-refractivity contribution in [3.05, 3.63) is 33.7 Å². The fourth-order valence-corrected chi connectivity index (χ4v) is 2.13. The van der Waals surface area contributed by atoms with Crippen molar-refractivity contribution in [1.29, 1.82) is 0 Å². The molecule has 1 aromatic heterocycles. The van der Waals surface area contributed by atoms with Crippen LogP contribution in [0.25, 0.3) is 0 Å². The number of aryl methyl sites for hydroxylation is 2. The fraction of sp³-hybridized carbons (Fsp3) is 0.643. The third kappa shape index (κ3) is 2.97. The standard InChI is InChI=1S/C14H23NO/c1-5-7-8-13(6-2)15-9-11(3)14(16)12(4)10-15/h9-10,13H,5-8H2,1-4H3. The lowest BCUT2D eigenvalue weighted by Gasteiger charge is -2.20. The Kier molecular flexibility index (Phi) is 4.78. The van der Waals surface area contributed by atoms with Gasteiger partial charge >= 0.3 is 0 Å². The lowest BCUT2D eigenvalue weighted by Crippen LogP contribution is -2.16. The van der Waals surface area contributed by atoms with Crippen molar-refractivity contribution in [2.45, 2.75) is 59.4 Å². The first-order valence-corrected chi connectivity index (χ1v) is 6.29. The smallest absolute Gasteiger partial charge is 0.187 e. The molecule has 1 atom stereocenters. The molecule has 0 aliphatic carbocycles. The van der Waals surface area contributed by atoms with Crippen LogP contribution >= 0.6 is 0 Å². The van der Waals surface area contributed by atoms with Gasteiger partial charge in [-0.3, -0.25) is 4.79 Å². The zero-order chi connectivity index (χ0) is 12.1. The van der Waals surface area contributed by atoms with Crippen LogP contribution in [0.1, 0.15) is 56.7 Å². The SMILES string of the molecule is CCCCC(CC)n1cc(C)c(=O)c(C)c1. The Labute approximate surface area is 98.3 Å². The summed E-state index contributed by atoms with van der Waals surface area (Å²) < 4.78 is 2.22. The molecule has 1 unspecified atom stereocenters. The van der Waals surface area contributed by atoms with E-state index in [4.69, 9.17) is 0 Å². The molecule has 0 spiro atoms. The zero-order valence-electron chi connectivity index (χ0n) is 10.9. The summed E-state index contributed by atoms with van der Waals surface area (Å²) in [6.45, 7) is 8.23. The molecule has 0 radical (unpaired) electrons. The van der Waals surface area contributed by atoms with Crippen LogP contribution in [-0.2, 0) is 0 Å². The average Bonchev–Trinajstić information content (AvgIpc) is 2.26. The van der Waals surface area contributed by atoms with Crippen molar-refractivity contribution in [2.75, 3.05) is 0 Å². The first-order chi connectivity index (χ1) is 7.60. The average molecular weight is 221 g/mol. The Bertz CT molecular complexity index is 366. The van der Waals surface area contributed by atoms with Gasteiger partial charge in [0.2, 0.25) is 0 Å². The van der Waals surface area contributed by atoms with Crippen molar-refractivity contribution >= 4 is 0 Å². The fourth-order valence-electron chi connectivity index (χ4n) is 2.13. The summed E-state index contributed by atoms with van der Waals surface area (Å²) in [5.41, 5.74) is 1.89. The molecule has 1 rings (SSSR count). The largest absolute Gasteiger partial charge is 0.350 e. The van der Waals surface area contributed by atoms with Gasteiger partial charge in [0.1, 0.15) is 0 Å². The lowest BCUT2D eigenvalue weighted by atomic mass is 10.1. The van der Waals surface area contributed by atoms with E-state index in [2.05, 4.69) is 18.4 Å². The van der Waals surface area contributed by atoms with Crippen molar-refractivity contribution < 1.29 is 0 Å². The molecule has 2 nitrogen and oxygen atoms in total. The summed E-state index contributed by atoms with van der Waals surface area (Å²) in [5.74, 6) is 0. The maximum absolute atomic E-state index is 11.6. The van der Waals surface area contributed by atoms with Crippen molar-refractivity contribution in [2.24, 2.45) is 0 Å². The highest BCUT2D eigenvalue weighted by Crippen LogP contribution is 2.19. The minimum absolute atomic E-state index is 0.182. The van der Waals surface area contributed by atoms with Crippen LogP contribution < -0.4 is 5.43 Å². The molecule has 0 saturated carbocycles. The van der Waals surface area contributed by atoms with E-state index < -0.39 is 0 Å². The van der Waals surface area contributed by atoms with Gasteiger partial charge in [-0.05, 0) is 26.7 Å². The Morgan fingerprint density at radius 2 is 1.75 bits per heavy atom. The molecule has 0 bridgehead atoms. The number of hydrogen-bond acceptors (Lipinski definition) is 1. The molecule has 0 fully saturated rings. The van der Waals surface area contributed by atoms with E-state index in [9.17, 15) is 4.79 Å². The number of unbranched alkanes of at least 4 members (excludes halogenated alkanes) is 1. The zero-order valence-corrected chi connectivity index (χ0v) is 10.9. The van der Waals surface area contributed by atoms with Gasteiger partial charge in [-0.25, -0.2) is 0 Å². The van der Waals surface area contributed by atoms with E-state index in [0.29, 0.717) is 6.04 Å². The molecule has 2 heteroatoms. The predicted molar refractivity (Wildman–Crippen MR) is 69.0 cm³/mol. The second kappa shape index (κ2) is 5.88. The van der Waals surface area contributed by atoms with E-state index in [1.54, 1.807) is 0 Å². The first kappa shape index (κ1) is 13.0. The van der Waals surface area contributed by atoms with Gasteiger partial charge in [-0.15, -0.1) is 0 Å². The number of pyridine rings is 1. The Hall–Kier alpha value is -1.05. The molecule has 0 amide bonds. The van der Waals surface area contributed by atoms with E-state index >= 15 is 0 Å². The number of hydrogen-bond donors (Lipinski definition) is 0. The van der Waals surface area contributed by atoms with Gasteiger partial charge in [0.05, 0.1) is 0 Å². The molecule has 0 N–H and O–H groups in total. The molecule has 0 aliphatic heterocycles. The van der Waals surface area contributed by atoms with Gasteiger partial charge in [-0.1, -0.05) is 26.7 Å². The number of nitrogens with zero attached hydrogens (tertiary/aromatic N) is 1. The van der Waals surface area contributed by atoms with E-state index in [1.807, 2.05) is 26.2 Å². The van der Waals surface area contributed by atoms with E-state index in [0.717, 1.165) is 17.5 Å². The number of aromatic nitrogens is 1. The van der Waals surface area contributed by atoms with E-state index in [1.165, 1.54) is 19.3 Å². The topological polar surface area (TPSA) is 22.0 Å². The van der Waals surface area contributed by atoms with Gasteiger partial charge in [0.15, 0.2) is 5.43 Å². The van der Waals surface area contributed by atoms with Gasteiger partial charge < -0.3 is 4.57 Å². The Morgan fingerprint density at radius 1 is 1.19 bits per heavy atom. The van der Waals surface area contributed by atoms with Gasteiger partial charge in [0.25, 0.3) is 0 Å². The normalized spacial score (nSPS) is 12.8. The van der Waals surface area contributed by atoms with Crippen LogP contribution in [-0.4, -0.2) is 4.57 Å². The first-order valence-electron chi connectivity index (χ1n) is 6.29. The summed E-state index contributed by atoms with van der Waals surface area (Å²) in [6.07, 6.45) is 8.81. The molecule has 0 saturated heterocycles. The third-order valence-electron chi connectivity index (χ3n) is 3.19. The Balaban J connectivity index is 2.97. The minimum Gasteiger partial charge on any atom is -0.350 e. The molecule has 0 aromatic carbocycles. The summed E-state index contributed by atoms with van der Waals surface area (Å²) in [7, 11) is 0. The second-order valence-corrected chi connectivity index (χ2v) is 4.60. The van der Waals surface area contributed by atoms with Crippen LogP contribution in [0.15, 0.2) is 17.2 Å². The quantitative estimate of drug-likeness (QED) is 0.744. The maximum Gasteiger partial charge on any atom is 0.187 e. The predicted octanol–water partition coefficient (Wildman–Crippen LogP) is 3.61. The van der Waals surface area contributed by atoms with Crippen LogP contribution in [0.4, 0.5) is 0 Å². The van der Waals surface area contributed by atoms with E-state index in [-0.39, 0.29) is 5.43 Å². The van der Waals surface area contributed by atoms with Crippen molar-refractivity contribution in [1.82, 2.24) is 4.57 Å². The third-order valence-corrected chi connectivity index (χ3v) is 3.19.